The highest BCUT2D eigenvalue weighted by atomic mass is 16.4. The Morgan fingerprint density at radius 2 is 1.82 bits per heavy atom. The number of nitrogens with one attached hydrogen (secondary N) is 1. The SMILES string of the molecule is CC(N(C)C(=O)NC[C@H](O)C(=O)O)C(C)(C)C. The fourth-order valence-electron chi connectivity index (χ4n) is 1.15. The third kappa shape index (κ3) is 5.04. The smallest absolute Gasteiger partial charge is 0.334 e. The maximum atomic E-state index is 11.7. The first-order chi connectivity index (χ1) is 7.57. The van der Waals surface area contributed by atoms with Crippen molar-refractivity contribution in [1.29, 1.82) is 0 Å². The molecule has 0 fully saturated rings. The minimum atomic E-state index is -1.57. The first-order valence-electron chi connectivity index (χ1n) is 5.49. The van der Waals surface area contributed by atoms with E-state index in [2.05, 4.69) is 5.32 Å². The van der Waals surface area contributed by atoms with Crippen LogP contribution in [-0.4, -0.2) is 52.9 Å². The average molecular weight is 246 g/mol. The van der Waals surface area contributed by atoms with Gasteiger partial charge < -0.3 is 20.4 Å². The molecule has 6 heteroatoms. The number of carboxylic acids is 1. The summed E-state index contributed by atoms with van der Waals surface area (Å²) in [5.41, 5.74) is -0.0719. The summed E-state index contributed by atoms with van der Waals surface area (Å²) in [5, 5.41) is 19.9. The lowest BCUT2D eigenvalue weighted by Gasteiger charge is -2.35. The van der Waals surface area contributed by atoms with E-state index in [1.807, 2.05) is 27.7 Å². The summed E-state index contributed by atoms with van der Waals surface area (Å²) in [7, 11) is 1.64. The van der Waals surface area contributed by atoms with Crippen LogP contribution >= 0.6 is 0 Å². The first-order valence-corrected chi connectivity index (χ1v) is 5.49. The maximum Gasteiger partial charge on any atom is 0.334 e. The number of hydrogen-bond acceptors (Lipinski definition) is 3. The number of carbonyl (C=O) groups is 2. The number of nitrogens with zero attached hydrogens (tertiary/aromatic N) is 1. The molecule has 17 heavy (non-hydrogen) atoms. The highest BCUT2D eigenvalue weighted by Gasteiger charge is 2.27. The summed E-state index contributed by atoms with van der Waals surface area (Å²) in [5.74, 6) is -1.35. The van der Waals surface area contributed by atoms with Crippen molar-refractivity contribution in [2.45, 2.75) is 39.8 Å². The Morgan fingerprint density at radius 1 is 1.35 bits per heavy atom. The molecule has 0 rings (SSSR count). The quantitative estimate of drug-likeness (QED) is 0.674. The molecule has 0 aliphatic rings. The second-order valence-electron chi connectivity index (χ2n) is 5.19. The number of urea groups is 1. The van der Waals surface area contributed by atoms with Crippen LogP contribution in [0.1, 0.15) is 27.7 Å². The van der Waals surface area contributed by atoms with Crippen LogP contribution in [0.4, 0.5) is 4.79 Å². The number of rotatable bonds is 4. The summed E-state index contributed by atoms with van der Waals surface area (Å²) >= 11 is 0. The van der Waals surface area contributed by atoms with Gasteiger partial charge in [0, 0.05) is 13.1 Å². The van der Waals surface area contributed by atoms with Gasteiger partial charge in [-0.1, -0.05) is 20.8 Å². The topological polar surface area (TPSA) is 89.9 Å². The molecule has 2 atom stereocenters. The lowest BCUT2D eigenvalue weighted by molar-refractivity contribution is -0.146. The molecule has 0 spiro atoms. The summed E-state index contributed by atoms with van der Waals surface area (Å²) in [6.07, 6.45) is -1.57. The number of carboxylic acid groups (broad SMARTS) is 1. The van der Waals surface area contributed by atoms with E-state index in [1.165, 1.54) is 4.90 Å². The second kappa shape index (κ2) is 5.86. The third-order valence-electron chi connectivity index (χ3n) is 2.89. The van der Waals surface area contributed by atoms with Crippen molar-refractivity contribution in [3.63, 3.8) is 0 Å². The molecule has 6 nitrogen and oxygen atoms in total. The number of aliphatic hydroxyl groups is 1. The van der Waals surface area contributed by atoms with Gasteiger partial charge in [-0.3, -0.25) is 0 Å². The summed E-state index contributed by atoms with van der Waals surface area (Å²) in [6, 6.07) is -0.405. The Balaban J connectivity index is 4.29. The van der Waals surface area contributed by atoms with E-state index in [4.69, 9.17) is 10.2 Å². The zero-order valence-electron chi connectivity index (χ0n) is 11.0. The van der Waals surface area contributed by atoms with Gasteiger partial charge in [0.05, 0.1) is 6.54 Å². The molecule has 0 saturated heterocycles. The standard InChI is InChI=1S/C11H22N2O4/c1-7(11(2,3)4)13(5)10(17)12-6-8(14)9(15)16/h7-8,14H,6H2,1-5H3,(H,12,17)(H,15,16)/t7?,8-/m0/s1. The Hall–Kier alpha value is -1.30. The Morgan fingerprint density at radius 3 is 2.18 bits per heavy atom. The van der Waals surface area contributed by atoms with E-state index in [1.54, 1.807) is 7.05 Å². The van der Waals surface area contributed by atoms with E-state index < -0.39 is 18.1 Å². The number of aliphatic carboxylic acids is 1. The molecule has 0 radical (unpaired) electrons. The van der Waals surface area contributed by atoms with Crippen molar-refractivity contribution in [2.24, 2.45) is 5.41 Å². The molecule has 0 bridgehead atoms. The van der Waals surface area contributed by atoms with Crippen LogP contribution in [0.3, 0.4) is 0 Å². The van der Waals surface area contributed by atoms with Gasteiger partial charge >= 0.3 is 12.0 Å². The highest BCUT2D eigenvalue weighted by molar-refractivity contribution is 5.76. The number of aliphatic hydroxyl groups excluding tert-OH is 1. The van der Waals surface area contributed by atoms with Crippen LogP contribution in [0.25, 0.3) is 0 Å². The summed E-state index contributed by atoms with van der Waals surface area (Å²) < 4.78 is 0. The lowest BCUT2D eigenvalue weighted by Crippen LogP contribution is -2.49. The molecule has 2 amide bonds. The van der Waals surface area contributed by atoms with Crippen LogP contribution in [-0.2, 0) is 4.79 Å². The second-order valence-corrected chi connectivity index (χ2v) is 5.19. The molecule has 0 saturated carbocycles. The number of amides is 2. The average Bonchev–Trinajstić information content (AvgIpc) is 2.21. The Kier molecular flexibility index (Phi) is 5.41. The van der Waals surface area contributed by atoms with Crippen LogP contribution in [0, 0.1) is 5.41 Å². The lowest BCUT2D eigenvalue weighted by atomic mass is 9.87. The van der Waals surface area contributed by atoms with E-state index >= 15 is 0 Å². The van der Waals surface area contributed by atoms with Crippen molar-refractivity contribution in [3.05, 3.63) is 0 Å². The zero-order valence-corrected chi connectivity index (χ0v) is 11.0. The van der Waals surface area contributed by atoms with Gasteiger partial charge in [-0.2, -0.15) is 0 Å². The predicted octanol–water partition coefficient (Wildman–Crippen LogP) is 0.508. The van der Waals surface area contributed by atoms with Crippen molar-refractivity contribution >= 4 is 12.0 Å². The van der Waals surface area contributed by atoms with Crippen molar-refractivity contribution in [1.82, 2.24) is 10.2 Å². The summed E-state index contributed by atoms with van der Waals surface area (Å²) in [4.78, 5) is 23.5. The molecule has 0 aliphatic carbocycles. The van der Waals surface area contributed by atoms with Crippen molar-refractivity contribution in [2.75, 3.05) is 13.6 Å². The fraction of sp³-hybridized carbons (Fsp3) is 0.818. The van der Waals surface area contributed by atoms with Gasteiger partial charge in [0.1, 0.15) is 0 Å². The van der Waals surface area contributed by atoms with Crippen LogP contribution < -0.4 is 5.32 Å². The van der Waals surface area contributed by atoms with E-state index in [0.29, 0.717) is 0 Å². The van der Waals surface area contributed by atoms with Crippen molar-refractivity contribution in [3.8, 4) is 0 Å². The van der Waals surface area contributed by atoms with Crippen LogP contribution in [0.5, 0.6) is 0 Å². The minimum Gasteiger partial charge on any atom is -0.479 e. The minimum absolute atomic E-state index is 0.00975. The Labute approximate surface area is 102 Å². The molecule has 1 unspecified atom stereocenters. The van der Waals surface area contributed by atoms with Gasteiger partial charge in [-0.25, -0.2) is 9.59 Å². The zero-order chi connectivity index (χ0) is 13.8. The molecule has 0 aliphatic heterocycles. The third-order valence-corrected chi connectivity index (χ3v) is 2.89. The number of hydrogen-bond donors (Lipinski definition) is 3. The van der Waals surface area contributed by atoms with Crippen LogP contribution in [0.15, 0.2) is 0 Å². The maximum absolute atomic E-state index is 11.7. The van der Waals surface area contributed by atoms with E-state index in [-0.39, 0.29) is 18.0 Å². The molecule has 0 heterocycles. The highest BCUT2D eigenvalue weighted by Crippen LogP contribution is 2.22. The number of carbonyl (C=O) groups excluding carboxylic acids is 1. The van der Waals surface area contributed by atoms with Gasteiger partial charge in [-0.05, 0) is 12.3 Å². The molecular weight excluding hydrogens is 224 g/mol. The normalized spacial score (nSPS) is 14.9. The molecular formula is C11H22N2O4. The van der Waals surface area contributed by atoms with Crippen molar-refractivity contribution < 1.29 is 19.8 Å². The van der Waals surface area contributed by atoms with Crippen LogP contribution in [0.2, 0.25) is 0 Å². The van der Waals surface area contributed by atoms with E-state index in [9.17, 15) is 9.59 Å². The molecule has 100 valence electrons. The predicted molar refractivity (Wildman–Crippen MR) is 63.7 cm³/mol. The first kappa shape index (κ1) is 15.7. The summed E-state index contributed by atoms with van der Waals surface area (Å²) in [6.45, 7) is 7.64. The van der Waals surface area contributed by atoms with E-state index in [0.717, 1.165) is 0 Å². The van der Waals surface area contributed by atoms with Gasteiger partial charge in [0.25, 0.3) is 0 Å². The van der Waals surface area contributed by atoms with Gasteiger partial charge in [0.15, 0.2) is 6.10 Å². The monoisotopic (exact) mass is 246 g/mol. The largest absolute Gasteiger partial charge is 0.479 e. The molecule has 0 aromatic heterocycles. The molecule has 3 N–H and O–H groups in total. The van der Waals surface area contributed by atoms with Gasteiger partial charge in [-0.15, -0.1) is 0 Å². The van der Waals surface area contributed by atoms with Gasteiger partial charge in [0.2, 0.25) is 0 Å². The molecule has 0 aromatic rings. The fourth-order valence-corrected chi connectivity index (χ4v) is 1.15. The Bertz CT molecular complexity index is 286. The molecule has 0 aromatic carbocycles.